The summed E-state index contributed by atoms with van der Waals surface area (Å²) in [5, 5.41) is 28.0. The lowest BCUT2D eigenvalue weighted by Crippen LogP contribution is -2.15. The van der Waals surface area contributed by atoms with Gasteiger partial charge in [0.2, 0.25) is 5.82 Å². The molecule has 0 aliphatic carbocycles. The van der Waals surface area contributed by atoms with Crippen LogP contribution < -0.4 is 5.32 Å². The van der Waals surface area contributed by atoms with E-state index in [9.17, 15) is 15.2 Å². The van der Waals surface area contributed by atoms with Crippen LogP contribution in [0.3, 0.4) is 0 Å². The van der Waals surface area contributed by atoms with Crippen LogP contribution in [0.5, 0.6) is 0 Å². The first-order valence-electron chi connectivity index (χ1n) is 6.15. The molecule has 7 nitrogen and oxygen atoms in total. The van der Waals surface area contributed by atoms with E-state index in [1.165, 1.54) is 4.68 Å². The minimum Gasteiger partial charge on any atom is -0.387 e. The number of nitrogens with zero attached hydrogens (tertiary/aromatic N) is 3. The zero-order valence-electron chi connectivity index (χ0n) is 11.3. The Balaban J connectivity index is 2.14. The minimum absolute atomic E-state index is 0.0623. The Morgan fingerprint density at radius 2 is 2.10 bits per heavy atom. The van der Waals surface area contributed by atoms with Gasteiger partial charge in [-0.1, -0.05) is 30.3 Å². The highest BCUT2D eigenvalue weighted by molar-refractivity contribution is 5.59. The van der Waals surface area contributed by atoms with E-state index in [0.29, 0.717) is 11.5 Å². The first kappa shape index (κ1) is 14.0. The van der Waals surface area contributed by atoms with Crippen molar-refractivity contribution in [3.05, 3.63) is 51.7 Å². The van der Waals surface area contributed by atoms with Gasteiger partial charge >= 0.3 is 5.69 Å². The third-order valence-corrected chi connectivity index (χ3v) is 3.02. The number of hydrogen-bond donors (Lipinski definition) is 2. The van der Waals surface area contributed by atoms with Gasteiger partial charge in [-0.05, 0) is 12.5 Å². The molecule has 0 saturated carbocycles. The normalized spacial score (nSPS) is 12.2. The van der Waals surface area contributed by atoms with Crippen LogP contribution in [-0.4, -0.2) is 26.4 Å². The van der Waals surface area contributed by atoms with Crippen LogP contribution in [0.1, 0.15) is 17.4 Å². The van der Waals surface area contributed by atoms with Crippen molar-refractivity contribution < 1.29 is 10.0 Å². The molecule has 2 aromatic rings. The Kier molecular flexibility index (Phi) is 3.99. The van der Waals surface area contributed by atoms with Crippen LogP contribution in [0.25, 0.3) is 0 Å². The van der Waals surface area contributed by atoms with Gasteiger partial charge in [-0.15, -0.1) is 0 Å². The van der Waals surface area contributed by atoms with E-state index < -0.39 is 11.0 Å². The van der Waals surface area contributed by atoms with Gasteiger partial charge in [0.1, 0.15) is 5.69 Å². The van der Waals surface area contributed by atoms with Crippen LogP contribution in [0.15, 0.2) is 30.3 Å². The predicted molar refractivity (Wildman–Crippen MR) is 74.5 cm³/mol. The van der Waals surface area contributed by atoms with Gasteiger partial charge in [0.05, 0.1) is 11.0 Å². The number of anilines is 1. The highest BCUT2D eigenvalue weighted by Crippen LogP contribution is 2.27. The second kappa shape index (κ2) is 5.70. The summed E-state index contributed by atoms with van der Waals surface area (Å²) < 4.78 is 1.41. The maximum absolute atomic E-state index is 11.0. The lowest BCUT2D eigenvalue weighted by Gasteiger charge is -2.12. The summed E-state index contributed by atoms with van der Waals surface area (Å²) in [5.41, 5.74) is 1.03. The van der Waals surface area contributed by atoms with Gasteiger partial charge < -0.3 is 10.4 Å². The molecule has 2 N–H and O–H groups in total. The maximum Gasteiger partial charge on any atom is 0.333 e. The Morgan fingerprint density at radius 3 is 2.70 bits per heavy atom. The molecule has 0 radical (unpaired) electrons. The summed E-state index contributed by atoms with van der Waals surface area (Å²) in [4.78, 5) is 10.5. The van der Waals surface area contributed by atoms with Crippen molar-refractivity contribution >= 4 is 11.5 Å². The predicted octanol–water partition coefficient (Wildman–Crippen LogP) is 1.78. The van der Waals surface area contributed by atoms with Crippen LogP contribution in [0, 0.1) is 17.0 Å². The summed E-state index contributed by atoms with van der Waals surface area (Å²) in [6.45, 7) is 1.75. The zero-order chi connectivity index (χ0) is 14.7. The van der Waals surface area contributed by atoms with Crippen molar-refractivity contribution in [2.75, 3.05) is 11.9 Å². The van der Waals surface area contributed by atoms with Crippen LogP contribution in [0.4, 0.5) is 11.5 Å². The molecular formula is C13H16N4O3. The van der Waals surface area contributed by atoms with Gasteiger partial charge in [-0.3, -0.25) is 10.1 Å². The number of rotatable bonds is 5. The molecular weight excluding hydrogens is 260 g/mol. The SMILES string of the molecule is Cc1nn(C)c(NCC(O)c2ccccc2)c1[N+](=O)[O-]. The molecule has 20 heavy (non-hydrogen) atoms. The molecule has 0 aliphatic rings. The number of aliphatic hydroxyl groups is 1. The van der Waals surface area contributed by atoms with E-state index in [1.807, 2.05) is 18.2 Å². The van der Waals surface area contributed by atoms with Crippen molar-refractivity contribution in [1.29, 1.82) is 0 Å². The van der Waals surface area contributed by atoms with E-state index in [4.69, 9.17) is 0 Å². The maximum atomic E-state index is 11.0. The average molecular weight is 276 g/mol. The smallest absolute Gasteiger partial charge is 0.333 e. The summed E-state index contributed by atoms with van der Waals surface area (Å²) in [7, 11) is 1.62. The van der Waals surface area contributed by atoms with Gasteiger partial charge in [0.25, 0.3) is 0 Å². The molecule has 106 valence electrons. The first-order chi connectivity index (χ1) is 9.50. The molecule has 2 rings (SSSR count). The van der Waals surface area contributed by atoms with Crippen molar-refractivity contribution in [3.63, 3.8) is 0 Å². The fraction of sp³-hybridized carbons (Fsp3) is 0.308. The van der Waals surface area contributed by atoms with Gasteiger partial charge in [0, 0.05) is 13.6 Å². The van der Waals surface area contributed by atoms with E-state index in [0.717, 1.165) is 5.56 Å². The molecule has 0 spiro atoms. The molecule has 0 amide bonds. The fourth-order valence-electron chi connectivity index (χ4n) is 2.05. The second-order valence-electron chi connectivity index (χ2n) is 4.47. The molecule has 0 saturated heterocycles. The number of benzene rings is 1. The second-order valence-corrected chi connectivity index (χ2v) is 4.47. The molecule has 7 heteroatoms. The summed E-state index contributed by atoms with van der Waals surface area (Å²) in [6, 6.07) is 9.12. The number of nitro groups is 1. The number of hydrogen-bond acceptors (Lipinski definition) is 5. The van der Waals surface area contributed by atoms with Crippen molar-refractivity contribution in [2.24, 2.45) is 7.05 Å². The van der Waals surface area contributed by atoms with Crippen molar-refractivity contribution in [3.8, 4) is 0 Å². The van der Waals surface area contributed by atoms with Crippen LogP contribution >= 0.6 is 0 Å². The standard InChI is InChI=1S/C13H16N4O3/c1-9-12(17(19)20)13(16(2)15-9)14-8-11(18)10-6-4-3-5-7-10/h3-7,11,14,18H,8H2,1-2H3. The zero-order valence-corrected chi connectivity index (χ0v) is 11.3. The minimum atomic E-state index is -0.744. The fourth-order valence-corrected chi connectivity index (χ4v) is 2.05. The van der Waals surface area contributed by atoms with E-state index >= 15 is 0 Å². The number of aromatic nitrogens is 2. The Morgan fingerprint density at radius 1 is 1.45 bits per heavy atom. The molecule has 0 aliphatic heterocycles. The topological polar surface area (TPSA) is 93.2 Å². The molecule has 0 fully saturated rings. The third-order valence-electron chi connectivity index (χ3n) is 3.02. The molecule has 1 aromatic carbocycles. The lowest BCUT2D eigenvalue weighted by molar-refractivity contribution is -0.384. The van der Waals surface area contributed by atoms with Gasteiger partial charge in [0.15, 0.2) is 0 Å². The lowest BCUT2D eigenvalue weighted by atomic mass is 10.1. The summed E-state index contributed by atoms with van der Waals surface area (Å²) in [5.74, 6) is 0.294. The van der Waals surface area contributed by atoms with Crippen LogP contribution in [-0.2, 0) is 7.05 Å². The molecule has 1 atom stereocenters. The summed E-state index contributed by atoms with van der Waals surface area (Å²) >= 11 is 0. The number of nitrogens with one attached hydrogen (secondary N) is 1. The van der Waals surface area contributed by atoms with Crippen molar-refractivity contribution in [1.82, 2.24) is 9.78 Å². The highest BCUT2D eigenvalue weighted by Gasteiger charge is 2.24. The molecule has 1 unspecified atom stereocenters. The van der Waals surface area contributed by atoms with Gasteiger partial charge in [-0.2, -0.15) is 5.10 Å². The monoisotopic (exact) mass is 276 g/mol. The Hall–Kier alpha value is -2.41. The Bertz CT molecular complexity index is 610. The van der Waals surface area contributed by atoms with Crippen LogP contribution in [0.2, 0.25) is 0 Å². The molecule has 1 aromatic heterocycles. The largest absolute Gasteiger partial charge is 0.387 e. The molecule has 1 heterocycles. The van der Waals surface area contributed by atoms with Gasteiger partial charge in [-0.25, -0.2) is 4.68 Å². The van der Waals surface area contributed by atoms with E-state index in [1.54, 1.807) is 26.1 Å². The highest BCUT2D eigenvalue weighted by atomic mass is 16.6. The quantitative estimate of drug-likeness (QED) is 0.641. The van der Waals surface area contributed by atoms with Crippen molar-refractivity contribution in [2.45, 2.75) is 13.0 Å². The average Bonchev–Trinajstić information content (AvgIpc) is 2.71. The summed E-state index contributed by atoms with van der Waals surface area (Å²) in [6.07, 6.45) is -0.744. The third kappa shape index (κ3) is 2.77. The van der Waals surface area contributed by atoms with E-state index in [-0.39, 0.29) is 12.2 Å². The first-order valence-corrected chi connectivity index (χ1v) is 6.15. The molecule has 0 bridgehead atoms. The number of aryl methyl sites for hydroxylation is 2. The van der Waals surface area contributed by atoms with E-state index in [2.05, 4.69) is 10.4 Å². The Labute approximate surface area is 116 Å². The number of aliphatic hydroxyl groups excluding tert-OH is 1.